The molecule has 0 saturated carbocycles. The zero-order valence-electron chi connectivity index (χ0n) is 12.6. The van der Waals surface area contributed by atoms with Crippen LogP contribution in [-0.4, -0.2) is 16.1 Å². The van der Waals surface area contributed by atoms with Gasteiger partial charge in [0, 0.05) is 0 Å². The molecule has 6 nitrogen and oxygen atoms in total. The highest BCUT2D eigenvalue weighted by Crippen LogP contribution is 2.24. The molecule has 0 bridgehead atoms. The summed E-state index contributed by atoms with van der Waals surface area (Å²) in [5.41, 5.74) is 5.20. The first-order valence-corrected chi connectivity index (χ1v) is 7.62. The third-order valence-electron chi connectivity index (χ3n) is 3.40. The molecule has 2 aromatic carbocycles. The van der Waals surface area contributed by atoms with Crippen molar-refractivity contribution in [1.82, 2.24) is 16.2 Å². The molecule has 24 heavy (non-hydrogen) atoms. The van der Waals surface area contributed by atoms with Gasteiger partial charge < -0.3 is 14.8 Å². The molecule has 0 radical (unpaired) electrons. The Morgan fingerprint density at radius 2 is 1.83 bits per heavy atom. The van der Waals surface area contributed by atoms with Crippen LogP contribution in [0.3, 0.4) is 0 Å². The Labute approximate surface area is 143 Å². The van der Waals surface area contributed by atoms with E-state index in [1.54, 1.807) is 30.5 Å². The highest BCUT2D eigenvalue weighted by atomic mass is 32.1. The van der Waals surface area contributed by atoms with E-state index < -0.39 is 5.91 Å². The molecular formula is C17H15N3O3S. The quantitative estimate of drug-likeness (QED) is 0.432. The van der Waals surface area contributed by atoms with Gasteiger partial charge in [0.1, 0.15) is 11.5 Å². The van der Waals surface area contributed by atoms with E-state index in [9.17, 15) is 9.90 Å². The van der Waals surface area contributed by atoms with Gasteiger partial charge in [0.05, 0.1) is 18.4 Å². The maximum absolute atomic E-state index is 12.2. The van der Waals surface area contributed by atoms with Crippen molar-refractivity contribution in [3.05, 3.63) is 66.1 Å². The fourth-order valence-electron chi connectivity index (χ4n) is 2.22. The van der Waals surface area contributed by atoms with Gasteiger partial charge in [0.15, 0.2) is 5.11 Å². The third kappa shape index (κ3) is 3.64. The molecule has 4 N–H and O–H groups in total. The Morgan fingerprint density at radius 1 is 1.08 bits per heavy atom. The SMILES string of the molecule is O=C(NNC(=S)NCc1ccco1)c1cc2ccccc2cc1O. The van der Waals surface area contributed by atoms with Crippen LogP contribution in [0.5, 0.6) is 5.75 Å². The van der Waals surface area contributed by atoms with Crippen LogP contribution in [0.4, 0.5) is 0 Å². The molecule has 1 aromatic heterocycles. The van der Waals surface area contributed by atoms with Crippen molar-refractivity contribution in [2.75, 3.05) is 0 Å². The van der Waals surface area contributed by atoms with E-state index in [0.717, 1.165) is 16.5 Å². The Hall–Kier alpha value is -3.06. The van der Waals surface area contributed by atoms with Crippen LogP contribution < -0.4 is 16.2 Å². The summed E-state index contributed by atoms with van der Waals surface area (Å²) in [6, 6.07) is 14.2. The van der Waals surface area contributed by atoms with Crippen molar-refractivity contribution in [2.24, 2.45) is 0 Å². The molecule has 0 aliphatic heterocycles. The average Bonchev–Trinajstić information content (AvgIpc) is 3.10. The van der Waals surface area contributed by atoms with Gasteiger partial charge in [-0.1, -0.05) is 24.3 Å². The fourth-order valence-corrected chi connectivity index (χ4v) is 2.34. The number of benzene rings is 2. The lowest BCUT2D eigenvalue weighted by atomic mass is 10.1. The van der Waals surface area contributed by atoms with Crippen molar-refractivity contribution < 1.29 is 14.3 Å². The minimum absolute atomic E-state index is 0.0949. The van der Waals surface area contributed by atoms with Gasteiger partial charge in [-0.2, -0.15) is 0 Å². The van der Waals surface area contributed by atoms with Crippen molar-refractivity contribution in [3.8, 4) is 5.75 Å². The number of carbonyl (C=O) groups is 1. The van der Waals surface area contributed by atoms with Crippen molar-refractivity contribution in [3.63, 3.8) is 0 Å². The first-order valence-electron chi connectivity index (χ1n) is 7.22. The van der Waals surface area contributed by atoms with Gasteiger partial charge in [0.25, 0.3) is 5.91 Å². The lowest BCUT2D eigenvalue weighted by Gasteiger charge is -2.12. The molecule has 0 aliphatic rings. The zero-order valence-corrected chi connectivity index (χ0v) is 13.4. The van der Waals surface area contributed by atoms with Crippen LogP contribution in [0.1, 0.15) is 16.1 Å². The molecule has 0 aliphatic carbocycles. The van der Waals surface area contributed by atoms with Crippen LogP contribution in [-0.2, 0) is 6.54 Å². The summed E-state index contributed by atoms with van der Waals surface area (Å²) in [5, 5.41) is 14.9. The van der Waals surface area contributed by atoms with Crippen molar-refractivity contribution in [2.45, 2.75) is 6.54 Å². The van der Waals surface area contributed by atoms with E-state index >= 15 is 0 Å². The van der Waals surface area contributed by atoms with E-state index in [1.165, 1.54) is 0 Å². The smallest absolute Gasteiger partial charge is 0.273 e. The third-order valence-corrected chi connectivity index (χ3v) is 3.65. The number of hydrogen-bond acceptors (Lipinski definition) is 4. The number of amides is 1. The highest BCUT2D eigenvalue weighted by molar-refractivity contribution is 7.80. The van der Waals surface area contributed by atoms with Crippen LogP contribution in [0.25, 0.3) is 10.8 Å². The second kappa shape index (κ2) is 7.01. The Bertz CT molecular complexity index is 878. The minimum atomic E-state index is -0.486. The van der Waals surface area contributed by atoms with Crippen molar-refractivity contribution in [1.29, 1.82) is 0 Å². The van der Waals surface area contributed by atoms with Crippen LogP contribution >= 0.6 is 12.2 Å². The monoisotopic (exact) mass is 341 g/mol. The van der Waals surface area contributed by atoms with E-state index in [4.69, 9.17) is 16.6 Å². The maximum atomic E-state index is 12.2. The first kappa shape index (κ1) is 15.8. The van der Waals surface area contributed by atoms with Gasteiger partial charge >= 0.3 is 0 Å². The second-order valence-electron chi connectivity index (χ2n) is 5.06. The van der Waals surface area contributed by atoms with Gasteiger partial charge in [-0.05, 0) is 47.3 Å². The molecule has 1 amide bonds. The number of rotatable bonds is 3. The lowest BCUT2D eigenvalue weighted by molar-refractivity contribution is 0.0941. The van der Waals surface area contributed by atoms with Crippen molar-refractivity contribution >= 4 is 34.0 Å². The highest BCUT2D eigenvalue weighted by Gasteiger charge is 2.12. The standard InChI is InChI=1S/C17H15N3O3S/c21-15-9-12-5-2-1-4-11(12)8-14(15)16(22)19-20-17(24)18-10-13-6-3-7-23-13/h1-9,21H,10H2,(H,19,22)(H2,18,20,24). The number of fused-ring (bicyclic) bond motifs is 1. The van der Waals surface area contributed by atoms with Crippen LogP contribution in [0.15, 0.2) is 59.2 Å². The summed E-state index contributed by atoms with van der Waals surface area (Å²) in [5.74, 6) is 0.139. The summed E-state index contributed by atoms with van der Waals surface area (Å²) >= 11 is 5.06. The predicted octanol–water partition coefficient (Wildman–Crippen LogP) is 2.45. The lowest BCUT2D eigenvalue weighted by Crippen LogP contribution is -2.46. The van der Waals surface area contributed by atoms with Gasteiger partial charge in [-0.15, -0.1) is 0 Å². The normalized spacial score (nSPS) is 10.3. The average molecular weight is 341 g/mol. The van der Waals surface area contributed by atoms with Gasteiger partial charge in [0.2, 0.25) is 0 Å². The predicted molar refractivity (Wildman–Crippen MR) is 94.4 cm³/mol. The second-order valence-corrected chi connectivity index (χ2v) is 5.47. The Kier molecular flexibility index (Phi) is 4.62. The number of phenols is 1. The van der Waals surface area contributed by atoms with E-state index in [0.29, 0.717) is 6.54 Å². The molecule has 122 valence electrons. The fraction of sp³-hybridized carbons (Fsp3) is 0.0588. The van der Waals surface area contributed by atoms with E-state index in [1.807, 2.05) is 24.3 Å². The largest absolute Gasteiger partial charge is 0.507 e. The Balaban J connectivity index is 1.60. The minimum Gasteiger partial charge on any atom is -0.507 e. The number of nitrogens with one attached hydrogen (secondary N) is 3. The van der Waals surface area contributed by atoms with E-state index in [-0.39, 0.29) is 16.4 Å². The molecule has 7 heteroatoms. The molecule has 3 aromatic rings. The molecule has 0 unspecified atom stereocenters. The molecular weight excluding hydrogens is 326 g/mol. The van der Waals surface area contributed by atoms with Gasteiger partial charge in [-0.3, -0.25) is 15.6 Å². The Morgan fingerprint density at radius 3 is 2.54 bits per heavy atom. The number of thiocarbonyl (C=S) groups is 1. The van der Waals surface area contributed by atoms with E-state index in [2.05, 4.69) is 16.2 Å². The number of hydrazine groups is 1. The van der Waals surface area contributed by atoms with Gasteiger partial charge in [-0.25, -0.2) is 0 Å². The maximum Gasteiger partial charge on any atom is 0.273 e. The molecule has 0 saturated heterocycles. The number of aromatic hydroxyl groups is 1. The molecule has 0 fully saturated rings. The topological polar surface area (TPSA) is 86.5 Å². The molecule has 0 spiro atoms. The molecule has 0 atom stereocenters. The van der Waals surface area contributed by atoms with Crippen LogP contribution in [0.2, 0.25) is 0 Å². The zero-order chi connectivity index (χ0) is 16.9. The number of hydrogen-bond donors (Lipinski definition) is 4. The van der Waals surface area contributed by atoms with Crippen LogP contribution in [0, 0.1) is 0 Å². The summed E-state index contributed by atoms with van der Waals surface area (Å²) in [7, 11) is 0. The summed E-state index contributed by atoms with van der Waals surface area (Å²) in [4.78, 5) is 12.2. The summed E-state index contributed by atoms with van der Waals surface area (Å²) < 4.78 is 5.17. The number of furan rings is 1. The molecule has 1 heterocycles. The summed E-state index contributed by atoms with van der Waals surface area (Å²) in [6.45, 7) is 0.399. The first-order chi connectivity index (χ1) is 11.6. The number of carbonyl (C=O) groups excluding carboxylic acids is 1. The summed E-state index contributed by atoms with van der Waals surface area (Å²) in [6.07, 6.45) is 1.57. The molecule has 3 rings (SSSR count). The number of phenolic OH excluding ortho intramolecular Hbond substituents is 1.